The van der Waals surface area contributed by atoms with Crippen molar-refractivity contribution in [2.45, 2.75) is 12.8 Å². The SMILES string of the molecule is c1cc2oc3ccccc3c2c(-c2ccccc2N(C2=CC=C(c3cccc(-n4c5ccccc5c5ccccc54)c3)CC2)c2ccc(-c3cccc(-c4cccc5ccccc45)c3)cc2)c#1. The number of nitrogens with zero attached hydrogens (tertiary/aromatic N) is 2. The summed E-state index contributed by atoms with van der Waals surface area (Å²) in [6, 6.07) is 85.4. The molecule has 0 N–H and O–H groups in total. The van der Waals surface area contributed by atoms with Crippen molar-refractivity contribution in [1.29, 1.82) is 0 Å². The standard InChI is InChI=1S/C64H42N2O/c1-2-21-52-45(15-1)16-13-26-53(52)48-19-11-17-46(41-48)43-33-37-49(38-34-43)65(59-28-7-5-24-56(59)57-27-14-32-63-64(57)58-25-6-10-31-62(58)67-63)50-39-35-44(36-40-50)47-18-12-20-51(42-47)66-60-29-8-3-22-54(60)55-23-4-9-30-61(55)66/h1-13,15-26,28-35,37-39,41-42H,36,40H2. The molecular formula is C64H42N2O. The van der Waals surface area contributed by atoms with Crippen LogP contribution in [0.4, 0.5) is 11.4 Å². The Hall–Kier alpha value is -8.84. The molecule has 0 bridgehead atoms. The predicted molar refractivity (Wildman–Crippen MR) is 280 cm³/mol. The third-order valence-corrected chi connectivity index (χ3v) is 13.6. The van der Waals surface area contributed by atoms with Crippen molar-refractivity contribution in [1.82, 2.24) is 4.57 Å². The summed E-state index contributed by atoms with van der Waals surface area (Å²) in [4.78, 5) is 2.45. The van der Waals surface area contributed by atoms with Gasteiger partial charge in [-0.15, -0.1) is 0 Å². The minimum absolute atomic E-state index is 0.805. The maximum Gasteiger partial charge on any atom is 0.145 e. The number of anilines is 2. The highest BCUT2D eigenvalue weighted by Gasteiger charge is 2.24. The minimum atomic E-state index is 0.805. The molecule has 3 nitrogen and oxygen atoms in total. The van der Waals surface area contributed by atoms with E-state index in [-0.39, 0.29) is 0 Å². The smallest absolute Gasteiger partial charge is 0.145 e. The monoisotopic (exact) mass is 854 g/mol. The van der Waals surface area contributed by atoms with E-state index in [2.05, 4.69) is 234 Å². The predicted octanol–water partition coefficient (Wildman–Crippen LogP) is 17.3. The molecule has 0 radical (unpaired) electrons. The zero-order valence-electron chi connectivity index (χ0n) is 36.7. The third-order valence-electron chi connectivity index (χ3n) is 13.6. The zero-order chi connectivity index (χ0) is 44.3. The highest BCUT2D eigenvalue weighted by Crippen LogP contribution is 2.45. The van der Waals surface area contributed by atoms with Crippen molar-refractivity contribution in [3.63, 3.8) is 0 Å². The van der Waals surface area contributed by atoms with E-state index < -0.39 is 0 Å². The molecule has 0 amide bonds. The van der Waals surface area contributed by atoms with Gasteiger partial charge in [-0.2, -0.15) is 0 Å². The summed E-state index contributed by atoms with van der Waals surface area (Å²) in [6.45, 7) is 0. The minimum Gasteiger partial charge on any atom is -0.455 e. The fourth-order valence-electron chi connectivity index (χ4n) is 10.4. The lowest BCUT2D eigenvalue weighted by molar-refractivity contribution is 0.669. The molecule has 0 atom stereocenters. The van der Waals surface area contributed by atoms with Gasteiger partial charge in [0.25, 0.3) is 0 Å². The number of fused-ring (bicyclic) bond motifs is 7. The summed E-state index contributed by atoms with van der Waals surface area (Å²) in [6.07, 6.45) is 6.40. The van der Waals surface area contributed by atoms with Gasteiger partial charge in [-0.25, -0.2) is 0 Å². The molecule has 12 aromatic rings. The molecule has 1 aliphatic carbocycles. The van der Waals surface area contributed by atoms with Crippen molar-refractivity contribution in [2.75, 3.05) is 4.90 Å². The molecular weight excluding hydrogens is 813 g/mol. The lowest BCUT2D eigenvalue weighted by Crippen LogP contribution is -2.18. The van der Waals surface area contributed by atoms with Crippen LogP contribution in [0.2, 0.25) is 0 Å². The van der Waals surface area contributed by atoms with Crippen molar-refractivity contribution in [3.8, 4) is 39.1 Å². The second-order valence-corrected chi connectivity index (χ2v) is 17.4. The Kier molecular flexibility index (Phi) is 9.22. The van der Waals surface area contributed by atoms with E-state index in [1.807, 2.05) is 18.2 Å². The van der Waals surface area contributed by atoms with E-state index >= 15 is 0 Å². The Morgan fingerprint density at radius 3 is 1.94 bits per heavy atom. The van der Waals surface area contributed by atoms with Gasteiger partial charge in [-0.05, 0) is 118 Å². The number of aromatic nitrogens is 1. The first kappa shape index (κ1) is 38.6. The summed E-state index contributed by atoms with van der Waals surface area (Å²) >= 11 is 0. The highest BCUT2D eigenvalue weighted by atomic mass is 16.3. The van der Waals surface area contributed by atoms with E-state index in [1.165, 1.54) is 71.7 Å². The average molecular weight is 855 g/mol. The van der Waals surface area contributed by atoms with Crippen molar-refractivity contribution in [3.05, 3.63) is 254 Å². The van der Waals surface area contributed by atoms with Gasteiger partial charge in [0.05, 0.1) is 16.7 Å². The summed E-state index contributed by atoms with van der Waals surface area (Å²) in [5, 5.41) is 7.16. The largest absolute Gasteiger partial charge is 0.455 e. The molecule has 3 heteroatoms. The molecule has 10 aromatic carbocycles. The molecule has 0 saturated carbocycles. The van der Waals surface area contributed by atoms with Crippen molar-refractivity contribution >= 4 is 71.5 Å². The number of furan rings is 1. The molecule has 13 rings (SSSR count). The van der Waals surface area contributed by atoms with Gasteiger partial charge in [-0.1, -0.05) is 176 Å². The van der Waals surface area contributed by atoms with Gasteiger partial charge >= 0.3 is 0 Å². The van der Waals surface area contributed by atoms with E-state index in [4.69, 9.17) is 4.42 Å². The highest BCUT2D eigenvalue weighted by molar-refractivity contribution is 6.13. The van der Waals surface area contributed by atoms with Gasteiger partial charge in [0.15, 0.2) is 0 Å². The van der Waals surface area contributed by atoms with E-state index in [0.717, 1.165) is 63.0 Å². The van der Waals surface area contributed by atoms with Gasteiger partial charge in [-0.3, -0.25) is 0 Å². The Morgan fingerprint density at radius 2 is 1.12 bits per heavy atom. The van der Waals surface area contributed by atoms with Crippen LogP contribution in [0.1, 0.15) is 18.4 Å². The second kappa shape index (κ2) is 16.0. The molecule has 0 fully saturated rings. The van der Waals surface area contributed by atoms with Crippen LogP contribution in [-0.2, 0) is 0 Å². The second-order valence-electron chi connectivity index (χ2n) is 17.4. The fourth-order valence-corrected chi connectivity index (χ4v) is 10.4. The first-order valence-corrected chi connectivity index (χ1v) is 23.0. The topological polar surface area (TPSA) is 21.3 Å². The Bertz CT molecular complexity index is 3880. The normalized spacial score (nSPS) is 12.7. The number of benzene rings is 9. The van der Waals surface area contributed by atoms with Gasteiger partial charge < -0.3 is 13.9 Å². The fraction of sp³-hybridized carbons (Fsp3) is 0.0312. The van der Waals surface area contributed by atoms with Crippen LogP contribution < -0.4 is 4.90 Å². The van der Waals surface area contributed by atoms with Crippen LogP contribution in [0, 0.1) is 12.1 Å². The van der Waals surface area contributed by atoms with Crippen LogP contribution in [0.25, 0.3) is 99.2 Å². The first-order chi connectivity index (χ1) is 33.2. The Balaban J connectivity index is 0.919. The summed E-state index contributed by atoms with van der Waals surface area (Å²) in [5.74, 6) is 0. The van der Waals surface area contributed by atoms with Gasteiger partial charge in [0.2, 0.25) is 0 Å². The number of rotatable bonds is 8. The molecule has 0 saturated heterocycles. The molecule has 0 aliphatic heterocycles. The van der Waals surface area contributed by atoms with Crippen molar-refractivity contribution < 1.29 is 4.42 Å². The molecule has 314 valence electrons. The first-order valence-electron chi connectivity index (χ1n) is 23.0. The summed E-state index contributed by atoms with van der Waals surface area (Å²) in [7, 11) is 0. The Labute approximate surface area is 389 Å². The lowest BCUT2D eigenvalue weighted by Gasteiger charge is -2.31. The number of hydrogen-bond donors (Lipinski definition) is 0. The van der Waals surface area contributed by atoms with Crippen LogP contribution >= 0.6 is 0 Å². The van der Waals surface area contributed by atoms with Crippen LogP contribution in [0.5, 0.6) is 0 Å². The molecule has 2 aromatic heterocycles. The maximum absolute atomic E-state index is 6.37. The van der Waals surface area contributed by atoms with Gasteiger partial charge in [0.1, 0.15) is 11.2 Å². The summed E-state index contributed by atoms with van der Waals surface area (Å²) in [5.41, 5.74) is 18.0. The van der Waals surface area contributed by atoms with E-state index in [0.29, 0.717) is 0 Å². The third kappa shape index (κ3) is 6.61. The lowest BCUT2D eigenvalue weighted by atomic mass is 9.93. The van der Waals surface area contributed by atoms with E-state index in [1.54, 1.807) is 0 Å². The quantitative estimate of drug-likeness (QED) is 0.152. The van der Waals surface area contributed by atoms with Crippen molar-refractivity contribution in [2.24, 2.45) is 0 Å². The summed E-state index contributed by atoms with van der Waals surface area (Å²) < 4.78 is 8.77. The molecule has 0 spiro atoms. The maximum atomic E-state index is 6.37. The van der Waals surface area contributed by atoms with Gasteiger partial charge in [0, 0.05) is 55.8 Å². The van der Waals surface area contributed by atoms with Crippen LogP contribution in [-0.4, -0.2) is 4.57 Å². The Morgan fingerprint density at radius 1 is 0.463 bits per heavy atom. The molecule has 1 aliphatic rings. The molecule has 2 heterocycles. The number of allylic oxidation sites excluding steroid dienone is 4. The van der Waals surface area contributed by atoms with E-state index in [9.17, 15) is 0 Å². The van der Waals surface area contributed by atoms with Crippen LogP contribution in [0.3, 0.4) is 0 Å². The number of para-hydroxylation sites is 4. The molecule has 67 heavy (non-hydrogen) atoms. The van der Waals surface area contributed by atoms with Crippen LogP contribution in [0.15, 0.2) is 241 Å². The zero-order valence-corrected chi connectivity index (χ0v) is 36.7. The molecule has 0 unspecified atom stereocenters. The average Bonchev–Trinajstić information content (AvgIpc) is 3.96. The number of hydrogen-bond acceptors (Lipinski definition) is 2.